The molecule has 106 valence electrons. The molecule has 4 nitrogen and oxygen atoms in total. The van der Waals surface area contributed by atoms with Crippen LogP contribution in [0.1, 0.15) is 17.3 Å². The highest BCUT2D eigenvalue weighted by molar-refractivity contribution is 8.93. The number of benzene rings is 1. The lowest BCUT2D eigenvalue weighted by Gasteiger charge is -2.12. The van der Waals surface area contributed by atoms with Crippen LogP contribution in [0.4, 0.5) is 0 Å². The fraction of sp³-hybridized carbons (Fsp3) is 0.286. The molecular formula is C14H15BrN2O2S. The van der Waals surface area contributed by atoms with Crippen molar-refractivity contribution in [2.45, 2.75) is 6.92 Å². The van der Waals surface area contributed by atoms with E-state index in [4.69, 9.17) is 4.74 Å². The standard InChI is InChI=1S/C14H14N2O2S.BrH/c1-9-13(19-14-15-7-8-16(9)14)12(17)10-3-5-11(18-2)6-4-10;/h3-6H,7-8H2,1-2H3;1H. The van der Waals surface area contributed by atoms with Crippen LogP contribution in [0.3, 0.4) is 0 Å². The van der Waals surface area contributed by atoms with E-state index in [1.54, 1.807) is 31.4 Å². The third kappa shape index (κ3) is 2.50. The van der Waals surface area contributed by atoms with E-state index in [9.17, 15) is 4.79 Å². The number of thioether (sulfide) groups is 1. The minimum absolute atomic E-state index is 0. The van der Waals surface area contributed by atoms with E-state index in [0.29, 0.717) is 5.56 Å². The van der Waals surface area contributed by atoms with Gasteiger partial charge in [-0.25, -0.2) is 0 Å². The van der Waals surface area contributed by atoms with Crippen molar-refractivity contribution in [3.05, 3.63) is 40.4 Å². The lowest BCUT2D eigenvalue weighted by atomic mass is 10.1. The molecule has 3 rings (SSSR count). The van der Waals surface area contributed by atoms with Crippen LogP contribution in [0.2, 0.25) is 0 Å². The summed E-state index contributed by atoms with van der Waals surface area (Å²) in [6.07, 6.45) is 0. The first-order chi connectivity index (χ1) is 9.20. The Hall–Kier alpha value is -1.27. The summed E-state index contributed by atoms with van der Waals surface area (Å²) in [5.41, 5.74) is 1.70. The van der Waals surface area contributed by atoms with Crippen LogP contribution in [-0.4, -0.2) is 36.1 Å². The maximum absolute atomic E-state index is 12.5. The van der Waals surface area contributed by atoms with Crippen molar-refractivity contribution in [2.75, 3.05) is 20.2 Å². The number of hydrogen-bond acceptors (Lipinski definition) is 5. The lowest BCUT2D eigenvalue weighted by molar-refractivity contribution is 0.104. The van der Waals surface area contributed by atoms with Gasteiger partial charge in [-0.2, -0.15) is 0 Å². The van der Waals surface area contributed by atoms with Gasteiger partial charge in [0.1, 0.15) is 5.75 Å². The number of carbonyl (C=O) groups excluding carboxylic acids is 1. The zero-order valence-corrected chi connectivity index (χ0v) is 13.8. The number of Topliss-reactive ketones (excluding diaryl/α,β-unsaturated/α-hetero) is 1. The highest BCUT2D eigenvalue weighted by atomic mass is 79.9. The van der Waals surface area contributed by atoms with Gasteiger partial charge in [-0.1, -0.05) is 0 Å². The number of fused-ring (bicyclic) bond motifs is 1. The number of carbonyl (C=O) groups is 1. The molecule has 0 aromatic heterocycles. The Kier molecular flexibility index (Phi) is 4.55. The molecule has 0 amide bonds. The Balaban J connectivity index is 0.00000147. The number of methoxy groups -OCH3 is 1. The van der Waals surface area contributed by atoms with Gasteiger partial charge in [0, 0.05) is 17.8 Å². The number of halogens is 1. The summed E-state index contributed by atoms with van der Waals surface area (Å²) in [6, 6.07) is 7.21. The molecule has 0 saturated carbocycles. The van der Waals surface area contributed by atoms with Crippen molar-refractivity contribution in [1.29, 1.82) is 0 Å². The van der Waals surface area contributed by atoms with E-state index in [1.807, 2.05) is 6.92 Å². The van der Waals surface area contributed by atoms with E-state index in [1.165, 1.54) is 11.8 Å². The monoisotopic (exact) mass is 354 g/mol. The van der Waals surface area contributed by atoms with Crippen LogP contribution < -0.4 is 4.74 Å². The number of amidine groups is 1. The van der Waals surface area contributed by atoms with Gasteiger partial charge >= 0.3 is 0 Å². The van der Waals surface area contributed by atoms with Gasteiger partial charge in [-0.15, -0.1) is 17.0 Å². The highest BCUT2D eigenvalue weighted by Gasteiger charge is 2.33. The molecule has 20 heavy (non-hydrogen) atoms. The molecule has 0 fully saturated rings. The highest BCUT2D eigenvalue weighted by Crippen LogP contribution is 2.38. The zero-order valence-electron chi connectivity index (χ0n) is 11.3. The third-order valence-corrected chi connectivity index (χ3v) is 4.50. The molecule has 6 heteroatoms. The van der Waals surface area contributed by atoms with Crippen molar-refractivity contribution < 1.29 is 9.53 Å². The first-order valence-electron chi connectivity index (χ1n) is 6.10. The molecule has 0 aliphatic carbocycles. The molecule has 1 aromatic rings. The largest absolute Gasteiger partial charge is 0.497 e. The molecule has 0 bridgehead atoms. The van der Waals surface area contributed by atoms with Gasteiger partial charge in [0.15, 0.2) is 5.17 Å². The van der Waals surface area contributed by atoms with Crippen molar-refractivity contribution in [1.82, 2.24) is 4.90 Å². The number of aliphatic imine (C=N–C) groups is 1. The molecular weight excluding hydrogens is 340 g/mol. The number of allylic oxidation sites excluding steroid dienone is 2. The number of nitrogens with zero attached hydrogens (tertiary/aromatic N) is 2. The van der Waals surface area contributed by atoms with Crippen LogP contribution in [-0.2, 0) is 0 Å². The Morgan fingerprint density at radius 3 is 2.65 bits per heavy atom. The zero-order chi connectivity index (χ0) is 13.4. The quantitative estimate of drug-likeness (QED) is 0.782. The summed E-state index contributed by atoms with van der Waals surface area (Å²) in [5, 5.41) is 0.953. The van der Waals surface area contributed by atoms with E-state index in [0.717, 1.165) is 34.6 Å². The topological polar surface area (TPSA) is 41.9 Å². The molecule has 0 radical (unpaired) electrons. The average molecular weight is 355 g/mol. The van der Waals surface area contributed by atoms with Gasteiger partial charge < -0.3 is 9.64 Å². The van der Waals surface area contributed by atoms with E-state index >= 15 is 0 Å². The fourth-order valence-corrected chi connectivity index (χ4v) is 3.34. The van der Waals surface area contributed by atoms with E-state index < -0.39 is 0 Å². The Morgan fingerprint density at radius 1 is 1.35 bits per heavy atom. The predicted molar refractivity (Wildman–Crippen MR) is 86.9 cm³/mol. The third-order valence-electron chi connectivity index (χ3n) is 3.29. The van der Waals surface area contributed by atoms with E-state index in [2.05, 4.69) is 9.89 Å². The van der Waals surface area contributed by atoms with Crippen LogP contribution in [0.15, 0.2) is 39.9 Å². The molecule has 2 heterocycles. The predicted octanol–water partition coefficient (Wildman–Crippen LogP) is 3.11. The minimum Gasteiger partial charge on any atom is -0.497 e. The normalized spacial score (nSPS) is 16.7. The molecule has 0 unspecified atom stereocenters. The smallest absolute Gasteiger partial charge is 0.201 e. The summed E-state index contributed by atoms with van der Waals surface area (Å²) >= 11 is 1.48. The van der Waals surface area contributed by atoms with Crippen molar-refractivity contribution in [3.63, 3.8) is 0 Å². The van der Waals surface area contributed by atoms with Crippen LogP contribution in [0, 0.1) is 0 Å². The molecule has 0 N–H and O–H groups in total. The maximum atomic E-state index is 12.5. The maximum Gasteiger partial charge on any atom is 0.201 e. The Bertz CT molecular complexity index is 596. The molecule has 2 aliphatic rings. The number of ether oxygens (including phenoxy) is 1. The summed E-state index contributed by atoms with van der Waals surface area (Å²) in [6.45, 7) is 3.69. The van der Waals surface area contributed by atoms with Gasteiger partial charge in [0.2, 0.25) is 5.78 Å². The van der Waals surface area contributed by atoms with Crippen LogP contribution >= 0.6 is 28.7 Å². The van der Waals surface area contributed by atoms with Gasteiger partial charge in [-0.3, -0.25) is 9.79 Å². The molecule has 0 atom stereocenters. The first kappa shape index (κ1) is 15.1. The van der Waals surface area contributed by atoms with Crippen LogP contribution in [0.5, 0.6) is 5.75 Å². The van der Waals surface area contributed by atoms with Gasteiger partial charge in [0.25, 0.3) is 0 Å². The minimum atomic E-state index is 0. The fourth-order valence-electron chi connectivity index (χ4n) is 2.20. The Labute approximate surface area is 132 Å². The Morgan fingerprint density at radius 2 is 2.05 bits per heavy atom. The molecule has 2 aliphatic heterocycles. The summed E-state index contributed by atoms with van der Waals surface area (Å²) in [4.78, 5) is 19.8. The summed E-state index contributed by atoms with van der Waals surface area (Å²) in [7, 11) is 1.61. The first-order valence-corrected chi connectivity index (χ1v) is 6.92. The second kappa shape index (κ2) is 6.01. The van der Waals surface area contributed by atoms with Crippen LogP contribution in [0.25, 0.3) is 0 Å². The van der Waals surface area contributed by atoms with Crippen molar-refractivity contribution in [2.24, 2.45) is 4.99 Å². The second-order valence-corrected chi connectivity index (χ2v) is 5.37. The molecule has 0 saturated heterocycles. The van der Waals surface area contributed by atoms with Crippen molar-refractivity contribution in [3.8, 4) is 5.75 Å². The number of rotatable bonds is 3. The second-order valence-electron chi connectivity index (χ2n) is 4.39. The SMILES string of the molecule is Br.COc1ccc(C(=O)C2=C(C)N3CCN=C3S2)cc1. The van der Waals surface area contributed by atoms with Gasteiger partial charge in [-0.05, 0) is 43.0 Å². The van der Waals surface area contributed by atoms with Gasteiger partial charge in [0.05, 0.1) is 18.6 Å². The molecule has 0 spiro atoms. The number of hydrogen-bond donors (Lipinski definition) is 0. The van der Waals surface area contributed by atoms with E-state index in [-0.39, 0.29) is 22.8 Å². The van der Waals surface area contributed by atoms with Crippen molar-refractivity contribution >= 4 is 39.7 Å². The lowest BCUT2D eigenvalue weighted by Crippen LogP contribution is -2.19. The number of ketones is 1. The summed E-state index contributed by atoms with van der Waals surface area (Å²) < 4.78 is 5.10. The average Bonchev–Trinajstić information content (AvgIpc) is 3.02. The summed E-state index contributed by atoms with van der Waals surface area (Å²) in [5.74, 6) is 0.813. The molecule has 1 aromatic carbocycles.